The summed E-state index contributed by atoms with van der Waals surface area (Å²) >= 11 is 1.84. The lowest BCUT2D eigenvalue weighted by atomic mass is 10.2. The summed E-state index contributed by atoms with van der Waals surface area (Å²) in [7, 11) is 0. The van der Waals surface area contributed by atoms with Crippen molar-refractivity contribution >= 4 is 11.3 Å². The van der Waals surface area contributed by atoms with Crippen LogP contribution in [0.25, 0.3) is 0 Å². The van der Waals surface area contributed by atoms with Crippen molar-refractivity contribution in [2.45, 2.75) is 32.7 Å². The van der Waals surface area contributed by atoms with Crippen molar-refractivity contribution in [3.05, 3.63) is 22.4 Å². The average Bonchev–Trinajstić information content (AvgIpc) is 2.53. The second-order valence-electron chi connectivity index (χ2n) is 3.14. The first-order valence-corrected chi connectivity index (χ1v) is 5.46. The highest BCUT2D eigenvalue weighted by Gasteiger charge is 2.01. The number of nitrogens with one attached hydrogen (secondary N) is 1. The van der Waals surface area contributed by atoms with Gasteiger partial charge in [0.15, 0.2) is 0 Å². The third-order valence-electron chi connectivity index (χ3n) is 1.83. The molecule has 0 aliphatic heterocycles. The van der Waals surface area contributed by atoms with Crippen molar-refractivity contribution in [1.82, 2.24) is 5.32 Å². The van der Waals surface area contributed by atoms with Gasteiger partial charge in [0.05, 0.1) is 0 Å². The molecule has 1 aromatic rings. The summed E-state index contributed by atoms with van der Waals surface area (Å²) < 4.78 is 0. The number of thiophene rings is 1. The Morgan fingerprint density at radius 1 is 1.58 bits per heavy atom. The minimum atomic E-state index is 0.614. The van der Waals surface area contributed by atoms with E-state index in [1.165, 1.54) is 11.3 Å². The van der Waals surface area contributed by atoms with Crippen LogP contribution in [-0.2, 0) is 6.42 Å². The molecule has 0 fully saturated rings. The van der Waals surface area contributed by atoms with E-state index in [9.17, 15) is 0 Å². The fraction of sp³-hybridized carbons (Fsp3) is 0.600. The second kappa shape index (κ2) is 5.33. The molecule has 0 saturated heterocycles. The summed E-state index contributed by atoms with van der Waals surface area (Å²) in [5, 5.41) is 5.62. The van der Waals surface area contributed by atoms with Gasteiger partial charge in [0.25, 0.3) is 0 Å². The molecule has 0 radical (unpaired) electrons. The van der Waals surface area contributed by atoms with Crippen molar-refractivity contribution < 1.29 is 0 Å². The van der Waals surface area contributed by atoms with Crippen LogP contribution in [0.15, 0.2) is 17.5 Å². The van der Waals surface area contributed by atoms with E-state index in [-0.39, 0.29) is 0 Å². The van der Waals surface area contributed by atoms with E-state index in [4.69, 9.17) is 0 Å². The summed E-state index contributed by atoms with van der Waals surface area (Å²) in [5.74, 6) is 0. The van der Waals surface area contributed by atoms with Crippen molar-refractivity contribution in [1.29, 1.82) is 0 Å². The van der Waals surface area contributed by atoms with Crippen LogP contribution in [0.5, 0.6) is 0 Å². The lowest BCUT2D eigenvalue weighted by molar-refractivity contribution is 0.546. The van der Waals surface area contributed by atoms with Crippen LogP contribution in [-0.4, -0.2) is 12.6 Å². The molecule has 0 spiro atoms. The van der Waals surface area contributed by atoms with E-state index in [1.807, 2.05) is 11.3 Å². The first-order chi connectivity index (χ1) is 5.83. The van der Waals surface area contributed by atoms with E-state index in [0.717, 1.165) is 13.0 Å². The van der Waals surface area contributed by atoms with Gasteiger partial charge in [-0.3, -0.25) is 0 Å². The highest BCUT2D eigenvalue weighted by atomic mass is 32.1. The molecule has 0 aromatic carbocycles. The summed E-state index contributed by atoms with van der Waals surface area (Å²) in [6, 6.07) is 4.94. The van der Waals surface area contributed by atoms with Crippen molar-refractivity contribution in [3.63, 3.8) is 0 Å². The second-order valence-corrected chi connectivity index (χ2v) is 4.17. The van der Waals surface area contributed by atoms with E-state index < -0.39 is 0 Å². The smallest absolute Gasteiger partial charge is 0.00870 e. The van der Waals surface area contributed by atoms with Gasteiger partial charge in [0.2, 0.25) is 0 Å². The zero-order valence-electron chi connectivity index (χ0n) is 7.84. The van der Waals surface area contributed by atoms with E-state index >= 15 is 0 Å². The Hall–Kier alpha value is -0.340. The van der Waals surface area contributed by atoms with Crippen LogP contribution in [0, 0.1) is 0 Å². The predicted octanol–water partition coefficient (Wildman–Crippen LogP) is 2.68. The Balaban J connectivity index is 2.22. The van der Waals surface area contributed by atoms with Gasteiger partial charge in [-0.1, -0.05) is 13.0 Å². The zero-order chi connectivity index (χ0) is 8.81. The monoisotopic (exact) mass is 183 g/mol. The van der Waals surface area contributed by atoms with E-state index in [2.05, 4.69) is 36.7 Å². The molecule has 1 heterocycles. The largest absolute Gasteiger partial charge is 0.314 e. The molecule has 0 aliphatic rings. The van der Waals surface area contributed by atoms with E-state index in [1.54, 1.807) is 0 Å². The number of hydrogen-bond acceptors (Lipinski definition) is 2. The van der Waals surface area contributed by atoms with Gasteiger partial charge >= 0.3 is 0 Å². The van der Waals surface area contributed by atoms with Crippen molar-refractivity contribution in [2.75, 3.05) is 6.54 Å². The molecule has 0 bridgehead atoms. The van der Waals surface area contributed by atoms with Gasteiger partial charge in [0.1, 0.15) is 0 Å². The van der Waals surface area contributed by atoms with Gasteiger partial charge < -0.3 is 5.32 Å². The maximum atomic E-state index is 3.48. The summed E-state index contributed by atoms with van der Waals surface area (Å²) in [6.07, 6.45) is 2.38. The molecular weight excluding hydrogens is 166 g/mol. The summed E-state index contributed by atoms with van der Waals surface area (Å²) in [6.45, 7) is 5.58. The molecule has 0 saturated carbocycles. The molecule has 0 aliphatic carbocycles. The predicted molar refractivity (Wildman–Crippen MR) is 55.8 cm³/mol. The van der Waals surface area contributed by atoms with Crippen LogP contribution < -0.4 is 5.32 Å². The zero-order valence-corrected chi connectivity index (χ0v) is 8.66. The maximum absolute atomic E-state index is 3.48. The number of hydrogen-bond donors (Lipinski definition) is 1. The summed E-state index contributed by atoms with van der Waals surface area (Å²) in [5.41, 5.74) is 0. The average molecular weight is 183 g/mol. The quantitative estimate of drug-likeness (QED) is 0.740. The van der Waals surface area contributed by atoms with Gasteiger partial charge in [-0.25, -0.2) is 0 Å². The topological polar surface area (TPSA) is 12.0 Å². The van der Waals surface area contributed by atoms with Crippen molar-refractivity contribution in [3.8, 4) is 0 Å². The fourth-order valence-corrected chi connectivity index (χ4v) is 2.03. The molecule has 1 unspecified atom stereocenters. The lowest BCUT2D eigenvalue weighted by Crippen LogP contribution is -2.28. The maximum Gasteiger partial charge on any atom is 0.00870 e. The standard InChI is InChI=1S/C10H17NS/c1-3-6-11-9(2)8-10-5-4-7-12-10/h4-5,7,9,11H,3,6,8H2,1-2H3. The molecule has 1 N–H and O–H groups in total. The highest BCUT2D eigenvalue weighted by Crippen LogP contribution is 2.10. The van der Waals surface area contributed by atoms with Crippen LogP contribution in [0.3, 0.4) is 0 Å². The van der Waals surface area contributed by atoms with Gasteiger partial charge in [0, 0.05) is 10.9 Å². The van der Waals surface area contributed by atoms with E-state index in [0.29, 0.717) is 6.04 Å². The minimum Gasteiger partial charge on any atom is -0.314 e. The summed E-state index contributed by atoms with van der Waals surface area (Å²) in [4.78, 5) is 1.48. The Bertz CT molecular complexity index is 194. The van der Waals surface area contributed by atoms with Crippen LogP contribution in [0.4, 0.5) is 0 Å². The molecule has 0 amide bonds. The minimum absolute atomic E-state index is 0.614. The van der Waals surface area contributed by atoms with Gasteiger partial charge in [-0.2, -0.15) is 0 Å². The molecule has 1 aromatic heterocycles. The number of rotatable bonds is 5. The fourth-order valence-electron chi connectivity index (χ4n) is 1.19. The Kier molecular flexibility index (Phi) is 4.33. The molecule has 1 atom stereocenters. The molecule has 68 valence electrons. The molecular formula is C10H17NS. The normalized spacial score (nSPS) is 13.2. The van der Waals surface area contributed by atoms with Gasteiger partial charge in [-0.05, 0) is 37.8 Å². The van der Waals surface area contributed by atoms with Crippen LogP contribution >= 0.6 is 11.3 Å². The third-order valence-corrected chi connectivity index (χ3v) is 2.73. The molecule has 12 heavy (non-hydrogen) atoms. The molecule has 1 rings (SSSR count). The Morgan fingerprint density at radius 2 is 2.42 bits per heavy atom. The van der Waals surface area contributed by atoms with Gasteiger partial charge in [-0.15, -0.1) is 11.3 Å². The van der Waals surface area contributed by atoms with Crippen molar-refractivity contribution in [2.24, 2.45) is 0 Å². The highest BCUT2D eigenvalue weighted by molar-refractivity contribution is 7.09. The van der Waals surface area contributed by atoms with Crippen LogP contribution in [0.2, 0.25) is 0 Å². The first-order valence-electron chi connectivity index (χ1n) is 4.58. The molecule has 2 heteroatoms. The third kappa shape index (κ3) is 3.37. The Morgan fingerprint density at radius 3 is 3.00 bits per heavy atom. The lowest BCUT2D eigenvalue weighted by Gasteiger charge is -2.11. The first kappa shape index (κ1) is 9.75. The Labute approximate surface area is 78.8 Å². The molecule has 1 nitrogen and oxygen atoms in total. The SMILES string of the molecule is CCCNC(C)Cc1cccs1. The van der Waals surface area contributed by atoms with Crippen LogP contribution in [0.1, 0.15) is 25.1 Å².